The number of carbonyl (C=O) groups is 1. The Bertz CT molecular complexity index is 857. The molecule has 3 nitrogen and oxygen atoms in total. The van der Waals surface area contributed by atoms with E-state index in [0.29, 0.717) is 5.69 Å². The Morgan fingerprint density at radius 2 is 1.83 bits per heavy atom. The number of carbonyl (C=O) groups excluding carboxylic acids is 1. The summed E-state index contributed by atoms with van der Waals surface area (Å²) >= 11 is 0. The third kappa shape index (κ3) is 4.01. The van der Waals surface area contributed by atoms with E-state index in [9.17, 15) is 9.18 Å². The fraction of sp³-hybridized carbons (Fsp3) is 0.0526. The Hall–Kier alpha value is -3.01. The third-order valence-electron chi connectivity index (χ3n) is 3.30. The standard InChI is InChI=1S/C19H14FNO2/c20-16-8-5-14(6-9-16)13-23-19(22)12-11-17-10-7-15-3-1-2-4-18(15)21-17/h1-12H,13H2/b12-11+. The van der Waals surface area contributed by atoms with Crippen LogP contribution < -0.4 is 0 Å². The van der Waals surface area contributed by atoms with Crippen LogP contribution in [0.5, 0.6) is 0 Å². The highest BCUT2D eigenvalue weighted by Gasteiger charge is 2.00. The summed E-state index contributed by atoms with van der Waals surface area (Å²) in [7, 11) is 0. The molecule has 0 saturated heterocycles. The zero-order chi connectivity index (χ0) is 16.1. The number of pyridine rings is 1. The lowest BCUT2D eigenvalue weighted by Gasteiger charge is -2.02. The van der Waals surface area contributed by atoms with E-state index in [2.05, 4.69) is 4.98 Å². The first-order chi connectivity index (χ1) is 11.2. The van der Waals surface area contributed by atoms with Gasteiger partial charge in [-0.2, -0.15) is 0 Å². The Morgan fingerprint density at radius 1 is 1.04 bits per heavy atom. The average molecular weight is 307 g/mol. The normalized spacial score (nSPS) is 11.0. The van der Waals surface area contributed by atoms with Crippen LogP contribution in [0.2, 0.25) is 0 Å². The van der Waals surface area contributed by atoms with E-state index >= 15 is 0 Å². The van der Waals surface area contributed by atoms with Crippen molar-refractivity contribution < 1.29 is 13.9 Å². The molecule has 0 aliphatic rings. The molecule has 0 radical (unpaired) electrons. The van der Waals surface area contributed by atoms with Crippen LogP contribution in [0.25, 0.3) is 17.0 Å². The number of ether oxygens (including phenoxy) is 1. The molecule has 0 spiro atoms. The first-order valence-corrected chi connectivity index (χ1v) is 7.16. The second kappa shape index (κ2) is 6.83. The van der Waals surface area contributed by atoms with Crippen LogP contribution in [0.15, 0.2) is 66.7 Å². The maximum absolute atomic E-state index is 12.8. The number of fused-ring (bicyclic) bond motifs is 1. The van der Waals surface area contributed by atoms with E-state index in [-0.39, 0.29) is 12.4 Å². The predicted octanol–water partition coefficient (Wildman–Crippen LogP) is 4.13. The van der Waals surface area contributed by atoms with Crippen LogP contribution in [0, 0.1) is 5.82 Å². The molecular formula is C19H14FNO2. The van der Waals surface area contributed by atoms with Gasteiger partial charge in [0.15, 0.2) is 0 Å². The highest BCUT2D eigenvalue weighted by Crippen LogP contribution is 2.12. The van der Waals surface area contributed by atoms with Gasteiger partial charge in [-0.15, -0.1) is 0 Å². The second-order valence-electron chi connectivity index (χ2n) is 5.00. The fourth-order valence-electron chi connectivity index (χ4n) is 2.11. The largest absolute Gasteiger partial charge is 0.458 e. The van der Waals surface area contributed by atoms with E-state index in [0.717, 1.165) is 16.5 Å². The van der Waals surface area contributed by atoms with Gasteiger partial charge in [-0.25, -0.2) is 14.2 Å². The number of rotatable bonds is 4. The van der Waals surface area contributed by atoms with Crippen molar-refractivity contribution in [2.24, 2.45) is 0 Å². The van der Waals surface area contributed by atoms with E-state index in [1.165, 1.54) is 18.2 Å². The molecule has 23 heavy (non-hydrogen) atoms. The lowest BCUT2D eigenvalue weighted by atomic mass is 10.2. The lowest BCUT2D eigenvalue weighted by Crippen LogP contribution is -2.00. The SMILES string of the molecule is O=C(/C=C/c1ccc2ccccc2n1)OCc1ccc(F)cc1. The monoisotopic (exact) mass is 307 g/mol. The van der Waals surface area contributed by atoms with E-state index < -0.39 is 5.97 Å². The molecule has 0 saturated carbocycles. The Kier molecular flexibility index (Phi) is 4.43. The molecule has 3 rings (SSSR count). The summed E-state index contributed by atoms with van der Waals surface area (Å²) in [4.78, 5) is 16.1. The quantitative estimate of drug-likeness (QED) is 0.537. The molecule has 0 unspecified atom stereocenters. The molecule has 1 heterocycles. The number of aromatic nitrogens is 1. The van der Waals surface area contributed by atoms with Gasteiger partial charge in [0.25, 0.3) is 0 Å². The first kappa shape index (κ1) is 14.9. The molecule has 2 aromatic carbocycles. The summed E-state index contributed by atoms with van der Waals surface area (Å²) in [5, 5.41) is 1.04. The van der Waals surface area contributed by atoms with Gasteiger partial charge in [0.1, 0.15) is 12.4 Å². The van der Waals surface area contributed by atoms with Gasteiger partial charge in [0.2, 0.25) is 0 Å². The first-order valence-electron chi connectivity index (χ1n) is 7.16. The molecular weight excluding hydrogens is 293 g/mol. The highest BCUT2D eigenvalue weighted by molar-refractivity contribution is 5.87. The number of para-hydroxylation sites is 1. The van der Waals surface area contributed by atoms with Gasteiger partial charge in [0.05, 0.1) is 11.2 Å². The van der Waals surface area contributed by atoms with Gasteiger partial charge in [-0.1, -0.05) is 36.4 Å². The fourth-order valence-corrected chi connectivity index (χ4v) is 2.11. The summed E-state index contributed by atoms with van der Waals surface area (Å²) in [6.45, 7) is 0.106. The summed E-state index contributed by atoms with van der Waals surface area (Å²) in [5.74, 6) is -0.786. The molecule has 1 aromatic heterocycles. The van der Waals surface area contributed by atoms with Crippen LogP contribution in [0.4, 0.5) is 4.39 Å². The topological polar surface area (TPSA) is 39.2 Å². The molecule has 3 aromatic rings. The average Bonchev–Trinajstić information content (AvgIpc) is 2.59. The van der Waals surface area contributed by atoms with Gasteiger partial charge < -0.3 is 4.74 Å². The molecule has 0 atom stereocenters. The van der Waals surface area contributed by atoms with Crippen molar-refractivity contribution in [2.75, 3.05) is 0 Å². The number of hydrogen-bond acceptors (Lipinski definition) is 3. The number of hydrogen-bond donors (Lipinski definition) is 0. The third-order valence-corrected chi connectivity index (χ3v) is 3.30. The van der Waals surface area contributed by atoms with Crippen molar-refractivity contribution >= 4 is 22.9 Å². The summed E-state index contributed by atoms with van der Waals surface area (Å²) in [5.41, 5.74) is 2.29. The van der Waals surface area contributed by atoms with Crippen molar-refractivity contribution in [3.63, 3.8) is 0 Å². The molecule has 0 bridgehead atoms. The summed E-state index contributed by atoms with van der Waals surface area (Å²) < 4.78 is 17.9. The van der Waals surface area contributed by atoms with Crippen LogP contribution in [0.1, 0.15) is 11.3 Å². The molecule has 4 heteroatoms. The molecule has 0 amide bonds. The summed E-state index contributed by atoms with van der Waals surface area (Å²) in [6.07, 6.45) is 2.94. The Balaban J connectivity index is 1.61. The smallest absolute Gasteiger partial charge is 0.331 e. The number of halogens is 1. The zero-order valence-electron chi connectivity index (χ0n) is 12.3. The minimum atomic E-state index is -0.468. The Labute approximate surface area is 133 Å². The molecule has 0 aliphatic carbocycles. The van der Waals surface area contributed by atoms with Crippen molar-refractivity contribution in [2.45, 2.75) is 6.61 Å². The van der Waals surface area contributed by atoms with Crippen molar-refractivity contribution in [1.82, 2.24) is 4.98 Å². The molecule has 0 aliphatic heterocycles. The van der Waals surface area contributed by atoms with E-state index in [1.54, 1.807) is 18.2 Å². The van der Waals surface area contributed by atoms with Crippen LogP contribution >= 0.6 is 0 Å². The Morgan fingerprint density at radius 3 is 2.65 bits per heavy atom. The van der Waals surface area contributed by atoms with Crippen molar-refractivity contribution in [3.05, 3.63) is 83.8 Å². The van der Waals surface area contributed by atoms with Crippen LogP contribution in [-0.4, -0.2) is 11.0 Å². The number of nitrogens with zero attached hydrogens (tertiary/aromatic N) is 1. The van der Waals surface area contributed by atoms with Gasteiger partial charge in [0, 0.05) is 11.5 Å². The summed E-state index contributed by atoms with van der Waals surface area (Å²) in [6, 6.07) is 17.4. The van der Waals surface area contributed by atoms with Crippen molar-refractivity contribution in [3.8, 4) is 0 Å². The van der Waals surface area contributed by atoms with Gasteiger partial charge in [-0.05, 0) is 35.9 Å². The minimum Gasteiger partial charge on any atom is -0.458 e. The van der Waals surface area contributed by atoms with Crippen LogP contribution in [-0.2, 0) is 16.1 Å². The minimum absolute atomic E-state index is 0.106. The molecule has 114 valence electrons. The van der Waals surface area contributed by atoms with E-state index in [1.807, 2.05) is 36.4 Å². The zero-order valence-corrected chi connectivity index (χ0v) is 12.3. The van der Waals surface area contributed by atoms with Crippen molar-refractivity contribution in [1.29, 1.82) is 0 Å². The van der Waals surface area contributed by atoms with E-state index in [4.69, 9.17) is 4.74 Å². The highest BCUT2D eigenvalue weighted by atomic mass is 19.1. The predicted molar refractivity (Wildman–Crippen MR) is 87.0 cm³/mol. The number of benzene rings is 2. The van der Waals surface area contributed by atoms with Gasteiger partial charge in [-0.3, -0.25) is 0 Å². The lowest BCUT2D eigenvalue weighted by molar-refractivity contribution is -0.138. The second-order valence-corrected chi connectivity index (χ2v) is 5.00. The number of esters is 1. The maximum Gasteiger partial charge on any atom is 0.331 e. The molecule has 0 fully saturated rings. The maximum atomic E-state index is 12.8. The van der Waals surface area contributed by atoms with Gasteiger partial charge >= 0.3 is 5.97 Å². The molecule has 0 N–H and O–H groups in total. The van der Waals surface area contributed by atoms with Crippen LogP contribution in [0.3, 0.4) is 0 Å².